The summed E-state index contributed by atoms with van der Waals surface area (Å²) < 4.78 is 14.7. The minimum atomic E-state index is -0.288. The van der Waals surface area contributed by atoms with Gasteiger partial charge in [0.1, 0.15) is 5.82 Å². The van der Waals surface area contributed by atoms with Gasteiger partial charge < -0.3 is 4.90 Å². The first-order valence-electron chi connectivity index (χ1n) is 8.15. The van der Waals surface area contributed by atoms with Crippen molar-refractivity contribution >= 4 is 5.91 Å². The van der Waals surface area contributed by atoms with E-state index in [2.05, 4.69) is 22.2 Å². The minimum absolute atomic E-state index is 0.0771. The number of amides is 1. The molecule has 7 heteroatoms. The van der Waals surface area contributed by atoms with Gasteiger partial charge in [0.15, 0.2) is 0 Å². The van der Waals surface area contributed by atoms with Gasteiger partial charge in [-0.05, 0) is 30.7 Å². The predicted octanol–water partition coefficient (Wildman–Crippen LogP) is 2.96. The highest BCUT2D eigenvalue weighted by molar-refractivity contribution is 5.94. The SMILES string of the molecule is CCCc1[nH]ncc1C(=O)N(C)Cc1cnn(-c2ccc(F)cc2)c1. The van der Waals surface area contributed by atoms with Crippen molar-refractivity contribution in [2.24, 2.45) is 0 Å². The molecule has 1 N–H and O–H groups in total. The fourth-order valence-electron chi connectivity index (χ4n) is 2.67. The highest BCUT2D eigenvalue weighted by Crippen LogP contribution is 2.14. The van der Waals surface area contributed by atoms with E-state index in [-0.39, 0.29) is 11.7 Å². The summed E-state index contributed by atoms with van der Waals surface area (Å²) in [5.74, 6) is -0.365. The second-order valence-electron chi connectivity index (χ2n) is 5.94. The van der Waals surface area contributed by atoms with E-state index >= 15 is 0 Å². The molecule has 0 aliphatic heterocycles. The van der Waals surface area contributed by atoms with E-state index in [1.165, 1.54) is 12.1 Å². The number of carbonyl (C=O) groups is 1. The Morgan fingerprint density at radius 2 is 2.04 bits per heavy atom. The molecule has 1 amide bonds. The number of benzene rings is 1. The summed E-state index contributed by atoms with van der Waals surface area (Å²) in [5.41, 5.74) is 3.12. The van der Waals surface area contributed by atoms with Crippen molar-refractivity contribution in [3.63, 3.8) is 0 Å². The van der Waals surface area contributed by atoms with Gasteiger partial charge in [-0.25, -0.2) is 9.07 Å². The average Bonchev–Trinajstić information content (AvgIpc) is 3.25. The monoisotopic (exact) mass is 341 g/mol. The van der Waals surface area contributed by atoms with Crippen molar-refractivity contribution in [1.29, 1.82) is 0 Å². The van der Waals surface area contributed by atoms with Crippen LogP contribution in [0, 0.1) is 5.82 Å². The Bertz CT molecular complexity index is 852. The maximum Gasteiger partial charge on any atom is 0.257 e. The molecule has 2 heterocycles. The first-order chi connectivity index (χ1) is 12.1. The van der Waals surface area contributed by atoms with Gasteiger partial charge in [0, 0.05) is 31.0 Å². The summed E-state index contributed by atoms with van der Waals surface area (Å²) in [4.78, 5) is 14.3. The molecule has 0 spiro atoms. The number of rotatable bonds is 6. The Morgan fingerprint density at radius 1 is 1.28 bits per heavy atom. The molecule has 0 saturated carbocycles. The van der Waals surface area contributed by atoms with Crippen LogP contribution < -0.4 is 0 Å². The number of hydrogen-bond donors (Lipinski definition) is 1. The van der Waals surface area contributed by atoms with Gasteiger partial charge in [-0.1, -0.05) is 13.3 Å². The lowest BCUT2D eigenvalue weighted by molar-refractivity contribution is 0.0784. The smallest absolute Gasteiger partial charge is 0.257 e. The molecular formula is C18H20FN5O. The molecule has 6 nitrogen and oxygen atoms in total. The Kier molecular flexibility index (Phi) is 4.92. The Morgan fingerprint density at radius 3 is 2.76 bits per heavy atom. The van der Waals surface area contributed by atoms with Crippen LogP contribution >= 0.6 is 0 Å². The number of carbonyl (C=O) groups excluding carboxylic acids is 1. The lowest BCUT2D eigenvalue weighted by Gasteiger charge is -2.16. The summed E-state index contributed by atoms with van der Waals surface area (Å²) in [7, 11) is 1.75. The normalized spacial score (nSPS) is 10.8. The maximum atomic E-state index is 13.0. The summed E-state index contributed by atoms with van der Waals surface area (Å²) in [6.07, 6.45) is 6.84. The topological polar surface area (TPSA) is 66.8 Å². The third-order valence-corrected chi connectivity index (χ3v) is 3.94. The highest BCUT2D eigenvalue weighted by atomic mass is 19.1. The second-order valence-corrected chi connectivity index (χ2v) is 5.94. The number of aromatic nitrogens is 4. The number of aryl methyl sites for hydroxylation is 1. The molecule has 25 heavy (non-hydrogen) atoms. The molecule has 0 radical (unpaired) electrons. The maximum absolute atomic E-state index is 13.0. The quantitative estimate of drug-likeness (QED) is 0.749. The van der Waals surface area contributed by atoms with Crippen LogP contribution in [0.5, 0.6) is 0 Å². The Balaban J connectivity index is 1.70. The largest absolute Gasteiger partial charge is 0.337 e. The number of nitrogens with zero attached hydrogens (tertiary/aromatic N) is 4. The third kappa shape index (κ3) is 3.76. The van der Waals surface area contributed by atoms with E-state index in [0.717, 1.165) is 29.8 Å². The van der Waals surface area contributed by atoms with Gasteiger partial charge in [0.2, 0.25) is 0 Å². The highest BCUT2D eigenvalue weighted by Gasteiger charge is 2.18. The van der Waals surface area contributed by atoms with Gasteiger partial charge in [-0.2, -0.15) is 10.2 Å². The molecule has 1 aromatic carbocycles. The van der Waals surface area contributed by atoms with Crippen molar-refractivity contribution in [3.8, 4) is 5.69 Å². The Labute approximate surface area is 145 Å². The number of hydrogen-bond acceptors (Lipinski definition) is 3. The van der Waals surface area contributed by atoms with E-state index in [4.69, 9.17) is 0 Å². The van der Waals surface area contributed by atoms with Crippen LogP contribution in [0.2, 0.25) is 0 Å². The summed E-state index contributed by atoms with van der Waals surface area (Å²) in [6.45, 7) is 2.49. The molecule has 0 fully saturated rings. The molecule has 3 rings (SSSR count). The zero-order chi connectivity index (χ0) is 17.8. The molecule has 0 saturated heterocycles. The van der Waals surface area contributed by atoms with Gasteiger partial charge in [0.25, 0.3) is 5.91 Å². The van der Waals surface area contributed by atoms with E-state index in [0.29, 0.717) is 12.1 Å². The van der Waals surface area contributed by atoms with Crippen LogP contribution in [0.3, 0.4) is 0 Å². The second kappa shape index (κ2) is 7.29. The molecule has 2 aromatic heterocycles. The number of nitrogens with one attached hydrogen (secondary N) is 1. The van der Waals surface area contributed by atoms with Crippen LogP contribution in [0.4, 0.5) is 4.39 Å². The zero-order valence-electron chi connectivity index (χ0n) is 14.2. The van der Waals surface area contributed by atoms with E-state index < -0.39 is 0 Å². The number of halogens is 1. The molecule has 0 aliphatic carbocycles. The fraction of sp³-hybridized carbons (Fsp3) is 0.278. The van der Waals surface area contributed by atoms with Crippen LogP contribution in [0.15, 0.2) is 42.9 Å². The fourth-order valence-corrected chi connectivity index (χ4v) is 2.67. The standard InChI is InChI=1S/C18H20FN5O/c1-3-4-17-16(10-20-22-17)18(25)23(2)11-13-9-21-24(12-13)15-7-5-14(19)6-8-15/h5-10,12H,3-4,11H2,1-2H3,(H,20,22). The van der Waals surface area contributed by atoms with E-state index in [1.54, 1.807) is 41.2 Å². The summed E-state index contributed by atoms with van der Waals surface area (Å²) in [6, 6.07) is 6.09. The lowest BCUT2D eigenvalue weighted by Crippen LogP contribution is -2.26. The number of H-pyrrole nitrogens is 1. The number of aromatic amines is 1. The molecule has 0 atom stereocenters. The van der Waals surface area contributed by atoms with Gasteiger partial charge in [0.05, 0.1) is 23.6 Å². The first kappa shape index (κ1) is 16.9. The third-order valence-electron chi connectivity index (χ3n) is 3.94. The van der Waals surface area contributed by atoms with Gasteiger partial charge >= 0.3 is 0 Å². The lowest BCUT2D eigenvalue weighted by atomic mass is 10.1. The molecule has 0 aliphatic rings. The van der Waals surface area contributed by atoms with Gasteiger partial charge in [-0.15, -0.1) is 0 Å². The van der Waals surface area contributed by atoms with Crippen molar-refractivity contribution in [1.82, 2.24) is 24.9 Å². The minimum Gasteiger partial charge on any atom is -0.337 e. The van der Waals surface area contributed by atoms with E-state index in [9.17, 15) is 9.18 Å². The molecule has 3 aromatic rings. The summed E-state index contributed by atoms with van der Waals surface area (Å²) >= 11 is 0. The van der Waals surface area contributed by atoms with Crippen molar-refractivity contribution in [2.45, 2.75) is 26.3 Å². The van der Waals surface area contributed by atoms with Crippen molar-refractivity contribution < 1.29 is 9.18 Å². The first-order valence-corrected chi connectivity index (χ1v) is 8.15. The predicted molar refractivity (Wildman–Crippen MR) is 91.9 cm³/mol. The summed E-state index contributed by atoms with van der Waals surface area (Å²) in [5, 5.41) is 11.2. The molecule has 130 valence electrons. The van der Waals surface area contributed by atoms with Crippen LogP contribution in [-0.2, 0) is 13.0 Å². The van der Waals surface area contributed by atoms with Crippen LogP contribution in [0.25, 0.3) is 5.69 Å². The zero-order valence-corrected chi connectivity index (χ0v) is 14.2. The van der Waals surface area contributed by atoms with E-state index in [1.807, 2.05) is 6.20 Å². The van der Waals surface area contributed by atoms with Gasteiger partial charge in [-0.3, -0.25) is 9.89 Å². The van der Waals surface area contributed by atoms with Crippen molar-refractivity contribution in [3.05, 3.63) is 65.5 Å². The average molecular weight is 341 g/mol. The molecule has 0 unspecified atom stereocenters. The van der Waals surface area contributed by atoms with Crippen molar-refractivity contribution in [2.75, 3.05) is 7.05 Å². The Hall–Kier alpha value is -2.96. The molecule has 0 bridgehead atoms. The van der Waals surface area contributed by atoms with Crippen LogP contribution in [0.1, 0.15) is 35.0 Å². The van der Waals surface area contributed by atoms with Crippen LogP contribution in [-0.4, -0.2) is 37.8 Å². The molecular weight excluding hydrogens is 321 g/mol.